The first-order valence-electron chi connectivity index (χ1n) is 9.14. The standard InChI is InChI=1S/C19H21N3O5S/c1-12-13(2)27-17(20-12)11-26-19(23)14-6-5-9-22(10-14)18-15-7-3-4-8-16(15)28(24,25)21-18/h3-4,7-8,14H,5-6,9-11H2,1-2H3. The second kappa shape index (κ2) is 7.05. The quantitative estimate of drug-likeness (QED) is 0.724. The highest BCUT2D eigenvalue weighted by Gasteiger charge is 2.35. The van der Waals surface area contributed by atoms with Gasteiger partial charge >= 0.3 is 5.97 Å². The van der Waals surface area contributed by atoms with Crippen molar-refractivity contribution in [3.63, 3.8) is 0 Å². The minimum Gasteiger partial charge on any atom is -0.455 e. The van der Waals surface area contributed by atoms with E-state index >= 15 is 0 Å². The first-order chi connectivity index (χ1) is 13.3. The Morgan fingerprint density at radius 1 is 1.32 bits per heavy atom. The fourth-order valence-electron chi connectivity index (χ4n) is 3.53. The van der Waals surface area contributed by atoms with E-state index in [0.717, 1.165) is 12.1 Å². The van der Waals surface area contributed by atoms with E-state index in [1.54, 1.807) is 31.2 Å². The van der Waals surface area contributed by atoms with Crippen molar-refractivity contribution in [2.75, 3.05) is 13.1 Å². The summed E-state index contributed by atoms with van der Waals surface area (Å²) in [6, 6.07) is 6.76. The Labute approximate surface area is 163 Å². The number of piperidine rings is 1. The van der Waals surface area contributed by atoms with Crippen molar-refractivity contribution < 1.29 is 22.4 Å². The fraction of sp³-hybridized carbons (Fsp3) is 0.421. The van der Waals surface area contributed by atoms with E-state index in [4.69, 9.17) is 9.15 Å². The van der Waals surface area contributed by atoms with Crippen LogP contribution in [0, 0.1) is 19.8 Å². The Hall–Kier alpha value is -2.68. The number of esters is 1. The van der Waals surface area contributed by atoms with Gasteiger partial charge in [-0.25, -0.2) is 4.98 Å². The SMILES string of the molecule is Cc1nc(COC(=O)C2CCCN(C3=NS(=O)(=O)c4ccccc43)C2)oc1C. The number of aromatic nitrogens is 1. The molecule has 0 N–H and O–H groups in total. The number of rotatable bonds is 3. The molecular weight excluding hydrogens is 382 g/mol. The summed E-state index contributed by atoms with van der Waals surface area (Å²) in [5.74, 6) is 0.786. The molecule has 0 amide bonds. The number of amidine groups is 1. The van der Waals surface area contributed by atoms with Crippen molar-refractivity contribution in [1.29, 1.82) is 0 Å². The number of carbonyl (C=O) groups excluding carboxylic acids is 1. The van der Waals surface area contributed by atoms with Crippen LogP contribution in [0.15, 0.2) is 38.0 Å². The lowest BCUT2D eigenvalue weighted by atomic mass is 9.97. The van der Waals surface area contributed by atoms with E-state index in [9.17, 15) is 13.2 Å². The summed E-state index contributed by atoms with van der Waals surface area (Å²) in [5, 5.41) is 0. The summed E-state index contributed by atoms with van der Waals surface area (Å²) < 4.78 is 39.3. The zero-order chi connectivity index (χ0) is 19.9. The van der Waals surface area contributed by atoms with Gasteiger partial charge in [0.1, 0.15) is 10.7 Å². The highest BCUT2D eigenvalue weighted by Crippen LogP contribution is 2.30. The largest absolute Gasteiger partial charge is 0.455 e. The third-order valence-corrected chi connectivity index (χ3v) is 6.40. The van der Waals surface area contributed by atoms with Gasteiger partial charge in [0.15, 0.2) is 12.4 Å². The molecule has 3 heterocycles. The molecule has 0 bridgehead atoms. The molecule has 2 aromatic rings. The first kappa shape index (κ1) is 18.7. The van der Waals surface area contributed by atoms with E-state index in [1.807, 2.05) is 11.8 Å². The molecule has 0 radical (unpaired) electrons. The smallest absolute Gasteiger partial charge is 0.311 e. The van der Waals surface area contributed by atoms with Crippen LogP contribution in [-0.4, -0.2) is 43.2 Å². The van der Waals surface area contributed by atoms with E-state index in [2.05, 4.69) is 9.38 Å². The molecule has 9 heteroatoms. The van der Waals surface area contributed by atoms with Gasteiger partial charge in [-0.1, -0.05) is 12.1 Å². The number of ether oxygens (including phenoxy) is 1. The van der Waals surface area contributed by atoms with Gasteiger partial charge in [-0.05, 0) is 38.8 Å². The van der Waals surface area contributed by atoms with E-state index < -0.39 is 10.0 Å². The Balaban J connectivity index is 1.45. The van der Waals surface area contributed by atoms with Gasteiger partial charge in [0.05, 0.1) is 11.6 Å². The molecule has 1 fully saturated rings. The highest BCUT2D eigenvalue weighted by molar-refractivity contribution is 7.90. The minimum atomic E-state index is -3.68. The summed E-state index contributed by atoms with van der Waals surface area (Å²) in [5.41, 5.74) is 1.36. The van der Waals surface area contributed by atoms with Gasteiger partial charge in [0.2, 0.25) is 5.89 Å². The van der Waals surface area contributed by atoms with Crippen LogP contribution < -0.4 is 0 Å². The molecule has 28 heavy (non-hydrogen) atoms. The predicted octanol–water partition coefficient (Wildman–Crippen LogP) is 2.20. The Morgan fingerprint density at radius 2 is 2.11 bits per heavy atom. The molecule has 1 saturated heterocycles. The van der Waals surface area contributed by atoms with E-state index in [-0.39, 0.29) is 23.4 Å². The van der Waals surface area contributed by atoms with Crippen LogP contribution in [0.3, 0.4) is 0 Å². The van der Waals surface area contributed by atoms with Crippen LogP contribution in [0.5, 0.6) is 0 Å². The predicted molar refractivity (Wildman–Crippen MR) is 100 cm³/mol. The van der Waals surface area contributed by atoms with Crippen molar-refractivity contribution in [1.82, 2.24) is 9.88 Å². The number of hydrogen-bond acceptors (Lipinski definition) is 7. The number of hydrogen-bond donors (Lipinski definition) is 0. The third kappa shape index (κ3) is 3.42. The van der Waals surface area contributed by atoms with Crippen molar-refractivity contribution in [3.05, 3.63) is 47.2 Å². The summed E-state index contributed by atoms with van der Waals surface area (Å²) in [4.78, 5) is 18.8. The molecule has 0 saturated carbocycles. The molecule has 1 aromatic carbocycles. The second-order valence-electron chi connectivity index (χ2n) is 7.03. The maximum absolute atomic E-state index is 12.5. The Bertz CT molecular complexity index is 1040. The lowest BCUT2D eigenvalue weighted by molar-refractivity contribution is -0.152. The van der Waals surface area contributed by atoms with Crippen molar-refractivity contribution >= 4 is 21.8 Å². The third-order valence-electron chi connectivity index (χ3n) is 5.08. The number of benzene rings is 1. The van der Waals surface area contributed by atoms with Gasteiger partial charge in [0, 0.05) is 18.7 Å². The van der Waals surface area contributed by atoms with Crippen LogP contribution in [0.2, 0.25) is 0 Å². The number of aryl methyl sites for hydroxylation is 2. The van der Waals surface area contributed by atoms with E-state index in [1.165, 1.54) is 0 Å². The summed E-state index contributed by atoms with van der Waals surface area (Å²) >= 11 is 0. The summed E-state index contributed by atoms with van der Waals surface area (Å²) in [7, 11) is -3.68. The summed E-state index contributed by atoms with van der Waals surface area (Å²) in [6.45, 7) is 4.64. The molecule has 148 valence electrons. The van der Waals surface area contributed by atoms with Gasteiger partial charge in [-0.15, -0.1) is 4.40 Å². The number of likely N-dealkylation sites (tertiary alicyclic amines) is 1. The lowest BCUT2D eigenvalue weighted by Gasteiger charge is -2.32. The molecule has 1 aromatic heterocycles. The van der Waals surface area contributed by atoms with Gasteiger partial charge in [-0.3, -0.25) is 4.79 Å². The van der Waals surface area contributed by atoms with Crippen molar-refractivity contribution in [2.24, 2.45) is 10.3 Å². The molecule has 1 atom stereocenters. The monoisotopic (exact) mass is 403 g/mol. The Morgan fingerprint density at radius 3 is 2.86 bits per heavy atom. The van der Waals surface area contributed by atoms with Crippen molar-refractivity contribution in [2.45, 2.75) is 38.2 Å². The van der Waals surface area contributed by atoms with Crippen LogP contribution in [-0.2, 0) is 26.2 Å². The average Bonchev–Trinajstić information content (AvgIpc) is 3.16. The minimum absolute atomic E-state index is 0.0117. The first-order valence-corrected chi connectivity index (χ1v) is 10.6. The summed E-state index contributed by atoms with van der Waals surface area (Å²) in [6.07, 6.45) is 1.43. The fourth-order valence-corrected chi connectivity index (χ4v) is 4.76. The van der Waals surface area contributed by atoms with Crippen molar-refractivity contribution in [3.8, 4) is 0 Å². The normalized spacial score (nSPS) is 20.6. The molecule has 8 nitrogen and oxygen atoms in total. The zero-order valence-electron chi connectivity index (χ0n) is 15.7. The number of carbonyl (C=O) groups is 1. The molecule has 0 spiro atoms. The second-order valence-corrected chi connectivity index (χ2v) is 8.60. The van der Waals surface area contributed by atoms with Crippen LogP contribution in [0.4, 0.5) is 0 Å². The number of nitrogens with zero attached hydrogens (tertiary/aromatic N) is 3. The average molecular weight is 403 g/mol. The van der Waals surface area contributed by atoms with Crippen LogP contribution in [0.25, 0.3) is 0 Å². The zero-order valence-corrected chi connectivity index (χ0v) is 16.5. The number of sulfonamides is 1. The number of oxazole rings is 1. The number of fused-ring (bicyclic) bond motifs is 1. The van der Waals surface area contributed by atoms with Crippen LogP contribution in [0.1, 0.15) is 35.7 Å². The molecule has 0 aliphatic carbocycles. The molecule has 1 unspecified atom stereocenters. The lowest BCUT2D eigenvalue weighted by Crippen LogP contribution is -2.42. The molecule has 4 rings (SSSR count). The highest BCUT2D eigenvalue weighted by atomic mass is 32.2. The van der Waals surface area contributed by atoms with Gasteiger partial charge in [0.25, 0.3) is 10.0 Å². The molecule has 2 aliphatic heterocycles. The maximum Gasteiger partial charge on any atom is 0.311 e. The van der Waals surface area contributed by atoms with Gasteiger partial charge < -0.3 is 14.1 Å². The van der Waals surface area contributed by atoms with Gasteiger partial charge in [-0.2, -0.15) is 8.42 Å². The topological polar surface area (TPSA) is 102 Å². The van der Waals surface area contributed by atoms with Crippen LogP contribution >= 0.6 is 0 Å². The molecule has 2 aliphatic rings. The van der Waals surface area contributed by atoms with E-state index in [0.29, 0.717) is 42.6 Å². The maximum atomic E-state index is 12.5. The Kier molecular flexibility index (Phi) is 4.70. The molecular formula is C19H21N3O5S.